The van der Waals surface area contributed by atoms with Gasteiger partial charge in [0.15, 0.2) is 0 Å². The van der Waals surface area contributed by atoms with E-state index in [1.165, 1.54) is 6.07 Å². The first-order chi connectivity index (χ1) is 9.77. The first kappa shape index (κ1) is 15.7. The van der Waals surface area contributed by atoms with Crippen LogP contribution in [0.3, 0.4) is 0 Å². The first-order valence-corrected chi connectivity index (χ1v) is 6.85. The summed E-state index contributed by atoms with van der Waals surface area (Å²) in [4.78, 5) is 12.1. The van der Waals surface area contributed by atoms with E-state index in [1.54, 1.807) is 24.3 Å². The molecule has 0 saturated heterocycles. The summed E-state index contributed by atoms with van der Waals surface area (Å²) in [6, 6.07) is 9.73. The Labute approximate surface area is 127 Å². The van der Waals surface area contributed by atoms with Crippen LogP contribution in [0, 0.1) is 0 Å². The van der Waals surface area contributed by atoms with Gasteiger partial charge >= 0.3 is 12.1 Å². The van der Waals surface area contributed by atoms with Crippen LogP contribution in [-0.2, 0) is 6.18 Å². The van der Waals surface area contributed by atoms with Crippen LogP contribution in [0.5, 0.6) is 0 Å². The minimum atomic E-state index is -4.70. The lowest BCUT2D eigenvalue weighted by atomic mass is 10.1. The van der Waals surface area contributed by atoms with Gasteiger partial charge in [-0.1, -0.05) is 23.4 Å². The molecular formula is C14H8ClF3O2S. The lowest BCUT2D eigenvalue weighted by Crippen LogP contribution is -2.12. The summed E-state index contributed by atoms with van der Waals surface area (Å²) in [5.74, 6) is -1.61. The largest absolute Gasteiger partial charge is 0.478 e. The van der Waals surface area contributed by atoms with Crippen LogP contribution in [0.2, 0.25) is 5.02 Å². The van der Waals surface area contributed by atoms with E-state index < -0.39 is 23.3 Å². The van der Waals surface area contributed by atoms with Crippen LogP contribution in [0.4, 0.5) is 13.2 Å². The fraction of sp³-hybridized carbons (Fsp3) is 0.0714. The second-order valence-electron chi connectivity index (χ2n) is 4.07. The summed E-state index contributed by atoms with van der Waals surface area (Å²) < 4.78 is 38.2. The van der Waals surface area contributed by atoms with Gasteiger partial charge < -0.3 is 5.11 Å². The Hall–Kier alpha value is -1.66. The third-order valence-electron chi connectivity index (χ3n) is 2.58. The van der Waals surface area contributed by atoms with Crippen molar-refractivity contribution in [2.24, 2.45) is 0 Å². The number of halogens is 4. The molecule has 0 amide bonds. The maximum Gasteiger partial charge on any atom is 0.417 e. The highest BCUT2D eigenvalue weighted by molar-refractivity contribution is 7.99. The van der Waals surface area contributed by atoms with E-state index in [4.69, 9.17) is 16.7 Å². The molecule has 0 spiro atoms. The van der Waals surface area contributed by atoms with Gasteiger partial charge in [-0.05, 0) is 42.5 Å². The molecule has 2 aromatic carbocycles. The highest BCUT2D eigenvalue weighted by atomic mass is 35.5. The molecule has 0 fully saturated rings. The number of carbonyl (C=O) groups is 1. The number of benzene rings is 2. The maximum absolute atomic E-state index is 12.7. The summed E-state index contributed by atoms with van der Waals surface area (Å²) in [6.45, 7) is 0. The molecule has 0 bridgehead atoms. The van der Waals surface area contributed by atoms with Crippen molar-refractivity contribution >= 4 is 29.3 Å². The molecule has 21 heavy (non-hydrogen) atoms. The second-order valence-corrected chi connectivity index (χ2v) is 5.65. The molecule has 2 nitrogen and oxygen atoms in total. The number of rotatable bonds is 3. The summed E-state index contributed by atoms with van der Waals surface area (Å²) in [6.07, 6.45) is -4.70. The molecule has 0 unspecified atom stereocenters. The quantitative estimate of drug-likeness (QED) is 0.838. The zero-order valence-corrected chi connectivity index (χ0v) is 11.9. The van der Waals surface area contributed by atoms with Crippen molar-refractivity contribution in [2.45, 2.75) is 16.0 Å². The van der Waals surface area contributed by atoms with Gasteiger partial charge in [0, 0.05) is 14.8 Å². The Morgan fingerprint density at radius 3 is 2.14 bits per heavy atom. The van der Waals surface area contributed by atoms with Crippen molar-refractivity contribution in [1.29, 1.82) is 0 Å². The third-order valence-corrected chi connectivity index (χ3v) is 3.83. The number of carboxylic acid groups (broad SMARTS) is 1. The SMILES string of the molecule is O=C(O)c1cc(Sc2ccc(Cl)cc2)ccc1C(F)(F)F. The third kappa shape index (κ3) is 3.92. The lowest BCUT2D eigenvalue weighted by molar-refractivity contribution is -0.138. The average molecular weight is 333 g/mol. The van der Waals surface area contributed by atoms with Crippen LogP contribution in [0.15, 0.2) is 52.3 Å². The Morgan fingerprint density at radius 2 is 1.62 bits per heavy atom. The predicted molar refractivity (Wildman–Crippen MR) is 74.0 cm³/mol. The van der Waals surface area contributed by atoms with Gasteiger partial charge in [-0.2, -0.15) is 13.2 Å². The molecule has 0 saturated carbocycles. The standard InChI is InChI=1S/C14H8ClF3O2S/c15-8-1-3-9(4-2-8)21-10-5-6-12(14(16,17)18)11(7-10)13(19)20/h1-7H,(H,19,20). The van der Waals surface area contributed by atoms with E-state index in [-0.39, 0.29) is 0 Å². The monoisotopic (exact) mass is 332 g/mol. The fourth-order valence-electron chi connectivity index (χ4n) is 1.65. The number of aromatic carboxylic acids is 1. The van der Waals surface area contributed by atoms with Gasteiger partial charge in [0.05, 0.1) is 11.1 Å². The predicted octanol–water partition coefficient (Wildman–Crippen LogP) is 5.21. The van der Waals surface area contributed by atoms with Gasteiger partial charge in [0.2, 0.25) is 0 Å². The molecule has 110 valence electrons. The molecule has 0 radical (unpaired) electrons. The maximum atomic E-state index is 12.7. The highest BCUT2D eigenvalue weighted by Gasteiger charge is 2.35. The fourth-order valence-corrected chi connectivity index (χ4v) is 2.63. The minimum absolute atomic E-state index is 0.405. The molecule has 0 aromatic heterocycles. The summed E-state index contributed by atoms with van der Waals surface area (Å²) in [5.41, 5.74) is -1.92. The smallest absolute Gasteiger partial charge is 0.417 e. The Bertz CT molecular complexity index is 669. The van der Waals surface area contributed by atoms with E-state index in [9.17, 15) is 18.0 Å². The van der Waals surface area contributed by atoms with Crippen molar-refractivity contribution in [3.63, 3.8) is 0 Å². The summed E-state index contributed by atoms with van der Waals surface area (Å²) >= 11 is 6.90. The zero-order valence-electron chi connectivity index (χ0n) is 10.3. The van der Waals surface area contributed by atoms with Gasteiger partial charge in [-0.25, -0.2) is 4.79 Å². The molecule has 0 aliphatic heterocycles. The number of carboxylic acids is 1. The Balaban J connectivity index is 2.36. The second kappa shape index (κ2) is 5.99. The lowest BCUT2D eigenvalue weighted by Gasteiger charge is -2.11. The molecule has 1 N–H and O–H groups in total. The molecule has 2 rings (SSSR count). The molecule has 0 aliphatic carbocycles. The number of hydrogen-bond donors (Lipinski definition) is 1. The van der Waals surface area contributed by atoms with Gasteiger partial charge in [-0.3, -0.25) is 0 Å². The van der Waals surface area contributed by atoms with Gasteiger partial charge in [-0.15, -0.1) is 0 Å². The van der Waals surface area contributed by atoms with Crippen LogP contribution < -0.4 is 0 Å². The Morgan fingerprint density at radius 1 is 1.05 bits per heavy atom. The molecule has 2 aromatic rings. The van der Waals surface area contributed by atoms with Crippen LogP contribution in [0.25, 0.3) is 0 Å². The zero-order chi connectivity index (χ0) is 15.6. The van der Waals surface area contributed by atoms with Crippen molar-refractivity contribution < 1.29 is 23.1 Å². The topological polar surface area (TPSA) is 37.3 Å². The molecule has 7 heteroatoms. The van der Waals surface area contributed by atoms with E-state index in [1.807, 2.05) is 0 Å². The normalized spacial score (nSPS) is 11.4. The van der Waals surface area contributed by atoms with Crippen LogP contribution >= 0.6 is 23.4 Å². The van der Waals surface area contributed by atoms with E-state index in [0.717, 1.165) is 28.8 Å². The van der Waals surface area contributed by atoms with Gasteiger partial charge in [0.1, 0.15) is 0 Å². The van der Waals surface area contributed by atoms with Crippen molar-refractivity contribution in [3.8, 4) is 0 Å². The van der Waals surface area contributed by atoms with Gasteiger partial charge in [0.25, 0.3) is 0 Å². The summed E-state index contributed by atoms with van der Waals surface area (Å²) in [5, 5.41) is 9.47. The van der Waals surface area contributed by atoms with Crippen LogP contribution in [-0.4, -0.2) is 11.1 Å². The van der Waals surface area contributed by atoms with Crippen molar-refractivity contribution in [1.82, 2.24) is 0 Å². The first-order valence-electron chi connectivity index (χ1n) is 5.65. The Kier molecular flexibility index (Phi) is 4.49. The van der Waals surface area contributed by atoms with E-state index >= 15 is 0 Å². The molecule has 0 aliphatic rings. The van der Waals surface area contributed by atoms with E-state index in [0.29, 0.717) is 9.92 Å². The van der Waals surface area contributed by atoms with Crippen molar-refractivity contribution in [2.75, 3.05) is 0 Å². The highest BCUT2D eigenvalue weighted by Crippen LogP contribution is 2.36. The molecule has 0 atom stereocenters. The minimum Gasteiger partial charge on any atom is -0.478 e. The number of hydrogen-bond acceptors (Lipinski definition) is 2. The molecule has 0 heterocycles. The van der Waals surface area contributed by atoms with Crippen LogP contribution in [0.1, 0.15) is 15.9 Å². The number of alkyl halides is 3. The summed E-state index contributed by atoms with van der Waals surface area (Å²) in [7, 11) is 0. The van der Waals surface area contributed by atoms with E-state index in [2.05, 4.69) is 0 Å². The average Bonchev–Trinajstić information content (AvgIpc) is 2.40. The van der Waals surface area contributed by atoms with Crippen molar-refractivity contribution in [3.05, 3.63) is 58.6 Å². The molecular weight excluding hydrogens is 325 g/mol.